The van der Waals surface area contributed by atoms with Gasteiger partial charge in [-0.05, 0) is 54.6 Å². The molecule has 6 heteroatoms. The predicted octanol–water partition coefficient (Wildman–Crippen LogP) is 5.10. The van der Waals surface area contributed by atoms with Crippen LogP contribution in [0.15, 0.2) is 84.9 Å². The highest BCUT2D eigenvalue weighted by molar-refractivity contribution is 6.30. The zero-order valence-corrected chi connectivity index (χ0v) is 21.1. The highest BCUT2D eigenvalue weighted by atomic mass is 35.5. The fraction of sp³-hybridized carbons (Fsp3) is 0.345. The first-order valence-corrected chi connectivity index (χ1v) is 12.4. The molecule has 4 rings (SSSR count). The van der Waals surface area contributed by atoms with Gasteiger partial charge in [0.05, 0.1) is 19.7 Å². The van der Waals surface area contributed by atoms with Gasteiger partial charge in [0.25, 0.3) is 0 Å². The van der Waals surface area contributed by atoms with E-state index in [1.807, 2.05) is 84.9 Å². The molecule has 35 heavy (non-hydrogen) atoms. The molecular formula is C29H33ClN2O3. The summed E-state index contributed by atoms with van der Waals surface area (Å²) < 4.78 is -1.01. The van der Waals surface area contributed by atoms with Crippen molar-refractivity contribution in [3.8, 4) is 0 Å². The lowest BCUT2D eigenvalue weighted by Crippen LogP contribution is -2.54. The summed E-state index contributed by atoms with van der Waals surface area (Å²) in [5.74, 6) is -0.385. The van der Waals surface area contributed by atoms with Gasteiger partial charge in [0.2, 0.25) is 0 Å². The molecule has 1 heterocycles. The summed E-state index contributed by atoms with van der Waals surface area (Å²) in [5, 5.41) is 25.0. The summed E-state index contributed by atoms with van der Waals surface area (Å²) >= 11 is 6.02. The Hall–Kier alpha value is -2.54. The lowest BCUT2D eigenvalue weighted by Gasteiger charge is -2.43. The highest BCUT2D eigenvalue weighted by Crippen LogP contribution is 2.40. The van der Waals surface area contributed by atoms with Crippen molar-refractivity contribution in [2.75, 3.05) is 33.7 Å². The average Bonchev–Trinajstić information content (AvgIpc) is 2.86. The van der Waals surface area contributed by atoms with E-state index < -0.39 is 15.7 Å². The molecule has 3 aromatic rings. The third-order valence-electron chi connectivity index (χ3n) is 7.26. The lowest BCUT2D eigenvalue weighted by molar-refractivity contribution is -0.762. The molecule has 1 N–H and O–H groups in total. The maximum atomic E-state index is 13.9. The van der Waals surface area contributed by atoms with Gasteiger partial charge in [0, 0.05) is 18.1 Å². The minimum absolute atomic E-state index is 0.385. The number of halogens is 1. The number of quaternary nitrogens is 1. The number of aliphatic hydroxyl groups is 1. The minimum atomic E-state index is -1.07. The molecule has 0 radical (unpaired) electrons. The first-order chi connectivity index (χ1) is 16.6. The zero-order valence-electron chi connectivity index (χ0n) is 20.4. The maximum absolute atomic E-state index is 13.9. The maximum Gasteiger partial charge on any atom is 0.328 e. The third kappa shape index (κ3) is 5.35. The second-order valence-corrected chi connectivity index (χ2v) is 10.4. The molecular weight excluding hydrogens is 460 g/mol. The van der Waals surface area contributed by atoms with E-state index in [4.69, 9.17) is 11.6 Å². The first kappa shape index (κ1) is 25.5. The molecule has 3 aromatic carbocycles. The molecule has 0 bridgehead atoms. The summed E-state index contributed by atoms with van der Waals surface area (Å²) in [6.45, 7) is 2.03. The van der Waals surface area contributed by atoms with Crippen LogP contribution in [0.2, 0.25) is 5.02 Å². The molecule has 5 nitrogen and oxygen atoms in total. The molecule has 0 unspecified atom stereocenters. The highest BCUT2D eigenvalue weighted by Gasteiger charge is 2.48. The van der Waals surface area contributed by atoms with Crippen LogP contribution < -0.4 is 0 Å². The van der Waals surface area contributed by atoms with E-state index in [9.17, 15) is 15.1 Å². The van der Waals surface area contributed by atoms with Crippen molar-refractivity contribution >= 4 is 17.5 Å². The van der Waals surface area contributed by atoms with Crippen LogP contribution in [0.3, 0.4) is 0 Å². The Bertz CT molecular complexity index is 1080. The number of nitrogens with zero attached hydrogens (tertiary/aromatic N) is 2. The molecule has 0 atom stereocenters. The number of carbonyl (C=O) groups is 1. The van der Waals surface area contributed by atoms with Crippen molar-refractivity contribution in [1.82, 2.24) is 4.90 Å². The van der Waals surface area contributed by atoms with E-state index in [1.165, 1.54) is 14.1 Å². The molecule has 1 amide bonds. The molecule has 0 spiro atoms. The van der Waals surface area contributed by atoms with Gasteiger partial charge < -0.3 is 19.9 Å². The molecule has 184 valence electrons. The number of hydrogen-bond donors (Lipinski definition) is 1. The fourth-order valence-corrected chi connectivity index (χ4v) is 5.36. The Morgan fingerprint density at radius 3 is 1.89 bits per heavy atom. The number of rotatable bonds is 7. The van der Waals surface area contributed by atoms with E-state index in [0.29, 0.717) is 43.9 Å². The number of hydroxylamine groups is 3. The largest absolute Gasteiger partial charge is 0.626 e. The van der Waals surface area contributed by atoms with Crippen LogP contribution in [0.25, 0.3) is 0 Å². The first-order valence-electron chi connectivity index (χ1n) is 12.1. The van der Waals surface area contributed by atoms with Crippen molar-refractivity contribution in [2.45, 2.75) is 30.3 Å². The Morgan fingerprint density at radius 1 is 0.943 bits per heavy atom. The number of likely N-dealkylation sites (tertiary alicyclic amines) is 1. The zero-order chi connectivity index (χ0) is 25.1. The number of benzene rings is 3. The summed E-state index contributed by atoms with van der Waals surface area (Å²) in [6, 6.07) is 26.7. The van der Waals surface area contributed by atoms with Crippen molar-refractivity contribution < 1.29 is 14.5 Å². The van der Waals surface area contributed by atoms with E-state index >= 15 is 0 Å². The molecule has 0 saturated carbocycles. The number of likely N-dealkylation sites (N-methyl/N-ethyl adjacent to an activating group) is 1. The van der Waals surface area contributed by atoms with Crippen LogP contribution >= 0.6 is 11.6 Å². The van der Waals surface area contributed by atoms with E-state index in [1.54, 1.807) is 0 Å². The Kier molecular flexibility index (Phi) is 7.46. The second kappa shape index (κ2) is 10.2. The van der Waals surface area contributed by atoms with Crippen LogP contribution in [0.1, 0.15) is 36.0 Å². The topological polar surface area (TPSA) is 63.6 Å². The SMILES string of the molecule is C[N+](C)([O-])C(=O)C(CCN1CCC(O)(c2ccc(Cl)cc2)CC1)(c1ccccc1)c1ccccc1. The Morgan fingerprint density at radius 2 is 1.43 bits per heavy atom. The van der Waals surface area contributed by atoms with Gasteiger partial charge >= 0.3 is 5.91 Å². The van der Waals surface area contributed by atoms with Crippen molar-refractivity contribution in [3.63, 3.8) is 0 Å². The number of piperidine rings is 1. The number of amides is 1. The van der Waals surface area contributed by atoms with Crippen LogP contribution in [0, 0.1) is 5.21 Å². The monoisotopic (exact) mass is 492 g/mol. The molecule has 1 fully saturated rings. The smallest absolute Gasteiger partial charge is 0.328 e. The minimum Gasteiger partial charge on any atom is -0.626 e. The van der Waals surface area contributed by atoms with Crippen LogP contribution in [0.4, 0.5) is 0 Å². The summed E-state index contributed by atoms with van der Waals surface area (Å²) in [5.41, 5.74) is 0.573. The number of carbonyl (C=O) groups excluding carboxylic acids is 1. The van der Waals surface area contributed by atoms with Crippen molar-refractivity contribution in [2.24, 2.45) is 0 Å². The van der Waals surface area contributed by atoms with Crippen LogP contribution in [-0.4, -0.2) is 54.3 Å². The molecule has 1 saturated heterocycles. The molecule has 1 aliphatic rings. The van der Waals surface area contributed by atoms with Crippen LogP contribution in [0.5, 0.6) is 0 Å². The predicted molar refractivity (Wildman–Crippen MR) is 140 cm³/mol. The fourth-order valence-electron chi connectivity index (χ4n) is 5.24. The van der Waals surface area contributed by atoms with Gasteiger partial charge in [-0.1, -0.05) is 84.4 Å². The Balaban J connectivity index is 1.60. The summed E-state index contributed by atoms with van der Waals surface area (Å²) in [7, 11) is 2.80. The quantitative estimate of drug-likeness (QED) is 0.368. The van der Waals surface area contributed by atoms with Crippen LogP contribution in [-0.2, 0) is 15.8 Å². The Labute approximate surface area is 212 Å². The van der Waals surface area contributed by atoms with E-state index in [-0.39, 0.29) is 5.91 Å². The molecule has 0 aromatic heterocycles. The van der Waals surface area contributed by atoms with Crippen molar-refractivity contribution in [1.29, 1.82) is 0 Å². The molecule has 0 aliphatic carbocycles. The summed E-state index contributed by atoms with van der Waals surface area (Å²) in [6.07, 6.45) is 1.66. The van der Waals surface area contributed by atoms with Crippen molar-refractivity contribution in [3.05, 3.63) is 112 Å². The standard InChI is InChI=1S/C29H33ClN2O3/c1-32(2,35)27(33)29(24-9-5-3-6-10-24,25-11-7-4-8-12-25)19-22-31-20-17-28(34,18-21-31)23-13-15-26(30)16-14-23/h3-16,34H,17-22H2,1-2H3. The van der Waals surface area contributed by atoms with E-state index in [2.05, 4.69) is 4.90 Å². The van der Waals surface area contributed by atoms with E-state index in [0.717, 1.165) is 16.7 Å². The van der Waals surface area contributed by atoms with Gasteiger partial charge in [0.1, 0.15) is 5.41 Å². The van der Waals surface area contributed by atoms with Gasteiger partial charge in [0.15, 0.2) is 0 Å². The normalized spacial score (nSPS) is 16.7. The average molecular weight is 493 g/mol. The molecule has 1 aliphatic heterocycles. The second-order valence-electron chi connectivity index (χ2n) is 9.92. The third-order valence-corrected chi connectivity index (χ3v) is 7.51. The van der Waals surface area contributed by atoms with Gasteiger partial charge in [-0.25, -0.2) is 4.79 Å². The van der Waals surface area contributed by atoms with Gasteiger partial charge in [-0.3, -0.25) is 0 Å². The number of hydrogen-bond acceptors (Lipinski definition) is 4. The summed E-state index contributed by atoms with van der Waals surface area (Å²) in [4.78, 5) is 16.1. The van der Waals surface area contributed by atoms with Gasteiger partial charge in [-0.15, -0.1) is 0 Å². The van der Waals surface area contributed by atoms with Gasteiger partial charge in [-0.2, -0.15) is 0 Å². The lowest BCUT2D eigenvalue weighted by atomic mass is 9.70.